The molecule has 1 unspecified atom stereocenters. The molecule has 0 radical (unpaired) electrons. The molecule has 0 saturated heterocycles. The Labute approximate surface area is 220 Å². The number of benzene rings is 2. The lowest BCUT2D eigenvalue weighted by Crippen LogP contribution is -2.52. The molecule has 0 aliphatic heterocycles. The van der Waals surface area contributed by atoms with E-state index < -0.39 is 40.3 Å². The lowest BCUT2D eigenvalue weighted by atomic mass is 10.1. The minimum Gasteiger partial charge on any atom is -0.497 e. The molecule has 0 spiro atoms. The monoisotopic (exact) mass is 555 g/mol. The van der Waals surface area contributed by atoms with Crippen LogP contribution in [0.1, 0.15) is 43.7 Å². The van der Waals surface area contributed by atoms with Crippen LogP contribution in [0.25, 0.3) is 0 Å². The highest BCUT2D eigenvalue weighted by atomic mass is 32.2. The van der Waals surface area contributed by atoms with Crippen molar-refractivity contribution in [3.05, 3.63) is 59.7 Å². The molecular formula is C26H32F3N3O5S. The van der Waals surface area contributed by atoms with Crippen LogP contribution in [0.2, 0.25) is 0 Å². The number of anilines is 1. The van der Waals surface area contributed by atoms with E-state index in [-0.39, 0.29) is 24.2 Å². The first-order valence-electron chi connectivity index (χ1n) is 12.2. The Hall–Kier alpha value is -3.28. The van der Waals surface area contributed by atoms with Gasteiger partial charge in [-0.25, -0.2) is 8.42 Å². The minimum atomic E-state index is -4.70. The number of halogens is 3. The van der Waals surface area contributed by atoms with Crippen LogP contribution in [0.4, 0.5) is 18.9 Å². The molecule has 1 N–H and O–H groups in total. The summed E-state index contributed by atoms with van der Waals surface area (Å²) in [7, 11) is -2.65. The number of sulfonamides is 1. The van der Waals surface area contributed by atoms with Crippen LogP contribution in [0.15, 0.2) is 48.5 Å². The summed E-state index contributed by atoms with van der Waals surface area (Å²) < 4.78 is 70.8. The lowest BCUT2D eigenvalue weighted by Gasteiger charge is -2.32. The Morgan fingerprint density at radius 3 is 2.29 bits per heavy atom. The summed E-state index contributed by atoms with van der Waals surface area (Å²) in [6, 6.07) is 9.59. The first kappa shape index (κ1) is 29.3. The van der Waals surface area contributed by atoms with E-state index in [0.717, 1.165) is 44.1 Å². The predicted molar refractivity (Wildman–Crippen MR) is 137 cm³/mol. The van der Waals surface area contributed by atoms with Crippen molar-refractivity contribution in [3.8, 4) is 5.75 Å². The van der Waals surface area contributed by atoms with Crippen molar-refractivity contribution in [2.75, 3.05) is 24.2 Å². The summed E-state index contributed by atoms with van der Waals surface area (Å²) >= 11 is 0. The minimum absolute atomic E-state index is 0.000477. The van der Waals surface area contributed by atoms with Gasteiger partial charge in [0, 0.05) is 12.6 Å². The Morgan fingerprint density at radius 1 is 1.11 bits per heavy atom. The molecule has 0 heterocycles. The Balaban J connectivity index is 1.91. The molecule has 1 atom stereocenters. The van der Waals surface area contributed by atoms with Crippen LogP contribution < -0.4 is 14.4 Å². The Kier molecular flexibility index (Phi) is 9.29. The maximum Gasteiger partial charge on any atom is 0.416 e. The van der Waals surface area contributed by atoms with E-state index in [9.17, 15) is 31.2 Å². The molecule has 1 saturated carbocycles. The van der Waals surface area contributed by atoms with Crippen molar-refractivity contribution in [3.63, 3.8) is 0 Å². The van der Waals surface area contributed by atoms with Crippen molar-refractivity contribution >= 4 is 27.5 Å². The number of hydrogen-bond acceptors (Lipinski definition) is 5. The van der Waals surface area contributed by atoms with Crippen LogP contribution in [-0.4, -0.2) is 57.1 Å². The van der Waals surface area contributed by atoms with Crippen LogP contribution in [0.3, 0.4) is 0 Å². The highest BCUT2D eigenvalue weighted by Gasteiger charge is 2.34. The predicted octanol–water partition coefficient (Wildman–Crippen LogP) is 3.96. The third-order valence-electron chi connectivity index (χ3n) is 6.52. The number of carbonyl (C=O) groups excluding carboxylic acids is 2. The van der Waals surface area contributed by atoms with Crippen molar-refractivity contribution in [2.45, 2.75) is 57.4 Å². The molecule has 0 bridgehead atoms. The Bertz CT molecular complexity index is 1230. The molecule has 3 rings (SSSR count). The van der Waals surface area contributed by atoms with Gasteiger partial charge in [0.05, 0.1) is 24.6 Å². The number of carbonyl (C=O) groups is 2. The van der Waals surface area contributed by atoms with Crippen molar-refractivity contribution in [1.82, 2.24) is 10.2 Å². The molecule has 8 nitrogen and oxygen atoms in total. The van der Waals surface area contributed by atoms with E-state index >= 15 is 0 Å². The molecule has 2 aromatic carbocycles. The normalized spacial score (nSPS) is 15.1. The molecule has 38 heavy (non-hydrogen) atoms. The van der Waals surface area contributed by atoms with Crippen LogP contribution >= 0.6 is 0 Å². The van der Waals surface area contributed by atoms with E-state index in [2.05, 4.69) is 5.32 Å². The number of amides is 2. The highest BCUT2D eigenvalue weighted by Crippen LogP contribution is 2.32. The van der Waals surface area contributed by atoms with Gasteiger partial charge in [0.2, 0.25) is 21.8 Å². The van der Waals surface area contributed by atoms with Gasteiger partial charge in [-0.1, -0.05) is 31.0 Å². The van der Waals surface area contributed by atoms with Gasteiger partial charge in [0.15, 0.2) is 0 Å². The molecule has 2 aromatic rings. The number of nitrogens with zero attached hydrogens (tertiary/aromatic N) is 2. The number of hydrogen-bond donors (Lipinski definition) is 1. The van der Waals surface area contributed by atoms with Crippen LogP contribution in [0, 0.1) is 0 Å². The zero-order chi connectivity index (χ0) is 28.1. The first-order valence-corrected chi connectivity index (χ1v) is 14.0. The van der Waals surface area contributed by atoms with E-state index in [1.807, 2.05) is 0 Å². The molecule has 1 aliphatic carbocycles. The average Bonchev–Trinajstić information content (AvgIpc) is 3.37. The average molecular weight is 556 g/mol. The van der Waals surface area contributed by atoms with Gasteiger partial charge in [-0.05, 0) is 55.7 Å². The second-order valence-corrected chi connectivity index (χ2v) is 11.3. The number of ether oxygens (including phenoxy) is 1. The van der Waals surface area contributed by atoms with E-state index in [1.54, 1.807) is 31.2 Å². The fourth-order valence-corrected chi connectivity index (χ4v) is 5.19. The lowest BCUT2D eigenvalue weighted by molar-refractivity contribution is -0.139. The smallest absolute Gasteiger partial charge is 0.416 e. The molecule has 1 aliphatic rings. The summed E-state index contributed by atoms with van der Waals surface area (Å²) in [5, 5.41) is 2.95. The number of alkyl halides is 3. The summed E-state index contributed by atoms with van der Waals surface area (Å²) in [6.07, 6.45) is -0.228. The van der Waals surface area contributed by atoms with E-state index in [1.165, 1.54) is 18.1 Å². The Morgan fingerprint density at radius 2 is 1.74 bits per heavy atom. The van der Waals surface area contributed by atoms with Gasteiger partial charge in [-0.15, -0.1) is 0 Å². The fourth-order valence-electron chi connectivity index (χ4n) is 4.35. The van der Waals surface area contributed by atoms with Gasteiger partial charge in [-0.2, -0.15) is 13.2 Å². The second-order valence-electron chi connectivity index (χ2n) is 9.35. The van der Waals surface area contributed by atoms with E-state index in [4.69, 9.17) is 4.74 Å². The third-order valence-corrected chi connectivity index (χ3v) is 7.66. The third kappa shape index (κ3) is 7.62. The molecule has 0 aromatic heterocycles. The number of rotatable bonds is 10. The molecule has 208 valence electrons. The quantitative estimate of drug-likeness (QED) is 0.479. The summed E-state index contributed by atoms with van der Waals surface area (Å²) in [5.41, 5.74) is -0.691. The SMILES string of the molecule is COc1ccc(CN(C(=O)CN(c2cccc(C(F)(F)F)c2)S(C)(=O)=O)C(C)C(=O)NC2CCCC2)cc1. The number of methoxy groups -OCH3 is 1. The van der Waals surface area contributed by atoms with Crippen molar-refractivity contribution in [2.24, 2.45) is 0 Å². The molecule has 2 amide bonds. The van der Waals surface area contributed by atoms with E-state index in [0.29, 0.717) is 21.7 Å². The van der Waals surface area contributed by atoms with Gasteiger partial charge in [-0.3, -0.25) is 13.9 Å². The maximum atomic E-state index is 13.6. The van der Waals surface area contributed by atoms with Gasteiger partial charge in [0.25, 0.3) is 0 Å². The fraction of sp³-hybridized carbons (Fsp3) is 0.462. The van der Waals surface area contributed by atoms with Gasteiger partial charge in [0.1, 0.15) is 18.3 Å². The topological polar surface area (TPSA) is 96.0 Å². The molecular weight excluding hydrogens is 523 g/mol. The maximum absolute atomic E-state index is 13.6. The first-order chi connectivity index (χ1) is 17.8. The van der Waals surface area contributed by atoms with Gasteiger partial charge < -0.3 is 15.0 Å². The summed E-state index contributed by atoms with van der Waals surface area (Å²) in [4.78, 5) is 27.9. The standard InChI is InChI=1S/C26H32F3N3O5S/c1-18(25(34)30-21-8-4-5-9-21)31(16-19-11-13-23(37-2)14-12-19)24(33)17-32(38(3,35)36)22-10-6-7-20(15-22)26(27,28)29/h6-7,10-15,18,21H,4-5,8-9,16-17H2,1-3H3,(H,30,34). The van der Waals surface area contributed by atoms with Crippen LogP contribution in [-0.2, 0) is 32.3 Å². The van der Waals surface area contributed by atoms with Crippen LogP contribution in [0.5, 0.6) is 5.75 Å². The largest absolute Gasteiger partial charge is 0.497 e. The molecule has 1 fully saturated rings. The summed E-state index contributed by atoms with van der Waals surface area (Å²) in [6.45, 7) is 0.736. The molecule has 12 heteroatoms. The zero-order valence-corrected chi connectivity index (χ0v) is 22.3. The van der Waals surface area contributed by atoms with Gasteiger partial charge >= 0.3 is 6.18 Å². The zero-order valence-electron chi connectivity index (χ0n) is 21.5. The summed E-state index contributed by atoms with van der Waals surface area (Å²) in [5.74, 6) is -0.534. The van der Waals surface area contributed by atoms with Crippen molar-refractivity contribution < 1.29 is 35.9 Å². The number of nitrogens with one attached hydrogen (secondary N) is 1. The van der Waals surface area contributed by atoms with Crippen molar-refractivity contribution in [1.29, 1.82) is 0 Å². The second kappa shape index (κ2) is 12.1. The highest BCUT2D eigenvalue weighted by molar-refractivity contribution is 7.92.